The number of rotatable bonds is 2. The van der Waals surface area contributed by atoms with Crippen LogP contribution in [0.5, 0.6) is 0 Å². The van der Waals surface area contributed by atoms with Crippen molar-refractivity contribution < 1.29 is 0 Å². The second-order valence-electron chi connectivity index (χ2n) is 4.48. The summed E-state index contributed by atoms with van der Waals surface area (Å²) in [6.07, 6.45) is 1.93. The van der Waals surface area contributed by atoms with Crippen LogP contribution in [-0.4, -0.2) is 24.3 Å². The van der Waals surface area contributed by atoms with Crippen molar-refractivity contribution in [3.05, 3.63) is 0 Å². The number of nitrogens with one attached hydrogen (secondary N) is 1. The highest BCUT2D eigenvalue weighted by Crippen LogP contribution is 2.07. The van der Waals surface area contributed by atoms with Crippen LogP contribution in [0.1, 0.15) is 34.6 Å². The van der Waals surface area contributed by atoms with E-state index in [2.05, 4.69) is 44.9 Å². The van der Waals surface area contributed by atoms with Gasteiger partial charge in [-0.15, -0.1) is 0 Å². The Labute approximate surface area is 70.1 Å². The molecule has 0 bridgehead atoms. The molecule has 0 aromatic carbocycles. The third-order valence-electron chi connectivity index (χ3n) is 1.15. The molecule has 0 aromatic heterocycles. The van der Waals surface area contributed by atoms with Crippen LogP contribution in [0.15, 0.2) is 4.99 Å². The lowest BCUT2D eigenvalue weighted by molar-refractivity contribution is 0.350. The van der Waals surface area contributed by atoms with Gasteiger partial charge in [0, 0.05) is 24.3 Å². The lowest BCUT2D eigenvalue weighted by Gasteiger charge is -2.31. The molecule has 2 nitrogen and oxygen atoms in total. The van der Waals surface area contributed by atoms with Crippen LogP contribution in [0.3, 0.4) is 0 Å². The van der Waals surface area contributed by atoms with Gasteiger partial charge in [-0.1, -0.05) is 0 Å². The zero-order valence-corrected chi connectivity index (χ0v) is 8.52. The maximum Gasteiger partial charge on any atom is 0.0480 e. The Hall–Kier alpha value is -0.370. The Bertz CT molecular complexity index is 140. The van der Waals surface area contributed by atoms with E-state index in [1.165, 1.54) is 0 Å². The van der Waals surface area contributed by atoms with E-state index in [0.29, 0.717) is 0 Å². The molecule has 0 fully saturated rings. The van der Waals surface area contributed by atoms with Crippen LogP contribution < -0.4 is 5.32 Å². The second-order valence-corrected chi connectivity index (χ2v) is 4.48. The van der Waals surface area contributed by atoms with Crippen molar-refractivity contribution in [2.75, 3.05) is 7.05 Å². The van der Waals surface area contributed by atoms with Crippen molar-refractivity contribution >= 4 is 6.21 Å². The normalized spacial score (nSPS) is 14.4. The molecule has 0 spiro atoms. The maximum absolute atomic E-state index is 4.00. The minimum Gasteiger partial charge on any atom is -0.302 e. The number of hydrogen-bond acceptors (Lipinski definition) is 2. The topological polar surface area (TPSA) is 24.4 Å². The van der Waals surface area contributed by atoms with Gasteiger partial charge in [-0.3, -0.25) is 4.99 Å². The molecule has 2 heteroatoms. The van der Waals surface area contributed by atoms with Gasteiger partial charge in [0.2, 0.25) is 0 Å². The average Bonchev–Trinajstić information content (AvgIpc) is 1.55. The summed E-state index contributed by atoms with van der Waals surface area (Å²) in [7, 11) is 1.80. The number of hydrogen-bond donors (Lipinski definition) is 1. The van der Waals surface area contributed by atoms with E-state index in [-0.39, 0.29) is 11.1 Å². The molecule has 0 amide bonds. The fraction of sp³-hybridized carbons (Fsp3) is 0.889. The zero-order chi connectivity index (χ0) is 9.12. The Morgan fingerprint density at radius 2 is 1.55 bits per heavy atom. The summed E-state index contributed by atoms with van der Waals surface area (Å²) < 4.78 is 0. The van der Waals surface area contributed by atoms with Crippen molar-refractivity contribution in [2.24, 2.45) is 4.99 Å². The summed E-state index contributed by atoms with van der Waals surface area (Å²) in [6, 6.07) is 0. The fourth-order valence-corrected chi connectivity index (χ4v) is 1.32. The molecule has 0 radical (unpaired) electrons. The first-order chi connectivity index (χ1) is 4.77. The molecule has 0 aromatic rings. The molecular weight excluding hydrogens is 136 g/mol. The van der Waals surface area contributed by atoms with E-state index < -0.39 is 0 Å². The predicted molar refractivity (Wildman–Crippen MR) is 51.4 cm³/mol. The van der Waals surface area contributed by atoms with Crippen LogP contribution in [0, 0.1) is 0 Å². The zero-order valence-electron chi connectivity index (χ0n) is 8.52. The Kier molecular flexibility index (Phi) is 3.24. The van der Waals surface area contributed by atoms with Crippen molar-refractivity contribution in [2.45, 2.75) is 45.7 Å². The molecule has 1 N–H and O–H groups in total. The lowest BCUT2D eigenvalue weighted by Crippen LogP contribution is -2.51. The standard InChI is InChI=1S/C9H20N2/c1-8(2,3)11-9(4,5)7-10-6/h7,11H,1-6H3/b10-7+. The minimum absolute atomic E-state index is 0.00694. The quantitative estimate of drug-likeness (QED) is 0.606. The lowest BCUT2D eigenvalue weighted by atomic mass is 10.0. The van der Waals surface area contributed by atoms with Crippen molar-refractivity contribution in [3.8, 4) is 0 Å². The third kappa shape index (κ3) is 6.05. The first-order valence-corrected chi connectivity index (χ1v) is 3.99. The van der Waals surface area contributed by atoms with Gasteiger partial charge in [-0.25, -0.2) is 0 Å². The molecule has 0 unspecified atom stereocenters. The van der Waals surface area contributed by atoms with Gasteiger partial charge in [0.25, 0.3) is 0 Å². The summed E-state index contributed by atoms with van der Waals surface area (Å²) in [6.45, 7) is 10.7. The molecule has 0 aliphatic heterocycles. The van der Waals surface area contributed by atoms with E-state index in [9.17, 15) is 0 Å². The van der Waals surface area contributed by atoms with E-state index in [0.717, 1.165) is 0 Å². The van der Waals surface area contributed by atoms with Gasteiger partial charge in [-0.2, -0.15) is 0 Å². The van der Waals surface area contributed by atoms with Gasteiger partial charge in [0.15, 0.2) is 0 Å². The number of nitrogens with zero attached hydrogens (tertiary/aromatic N) is 1. The van der Waals surface area contributed by atoms with Crippen molar-refractivity contribution in [1.29, 1.82) is 0 Å². The van der Waals surface area contributed by atoms with Crippen LogP contribution in [0.25, 0.3) is 0 Å². The molecule has 66 valence electrons. The Balaban J connectivity index is 4.13. The minimum atomic E-state index is -0.00694. The van der Waals surface area contributed by atoms with Gasteiger partial charge < -0.3 is 5.32 Å². The van der Waals surface area contributed by atoms with Gasteiger partial charge in [-0.05, 0) is 34.6 Å². The van der Waals surface area contributed by atoms with E-state index in [4.69, 9.17) is 0 Å². The monoisotopic (exact) mass is 156 g/mol. The summed E-state index contributed by atoms with van der Waals surface area (Å²) in [5, 5.41) is 3.45. The molecule has 0 saturated heterocycles. The van der Waals surface area contributed by atoms with Crippen LogP contribution in [-0.2, 0) is 0 Å². The smallest absolute Gasteiger partial charge is 0.0480 e. The van der Waals surface area contributed by atoms with Gasteiger partial charge >= 0.3 is 0 Å². The molecule has 0 atom stereocenters. The van der Waals surface area contributed by atoms with E-state index >= 15 is 0 Å². The number of aliphatic imine (C=N–C) groups is 1. The van der Waals surface area contributed by atoms with Crippen LogP contribution in [0.4, 0.5) is 0 Å². The van der Waals surface area contributed by atoms with Gasteiger partial charge in [0.1, 0.15) is 0 Å². The first-order valence-electron chi connectivity index (χ1n) is 3.99. The van der Waals surface area contributed by atoms with Crippen LogP contribution >= 0.6 is 0 Å². The largest absolute Gasteiger partial charge is 0.302 e. The predicted octanol–water partition coefficient (Wildman–Crippen LogP) is 1.85. The van der Waals surface area contributed by atoms with E-state index in [1.54, 1.807) is 7.05 Å². The van der Waals surface area contributed by atoms with Crippen molar-refractivity contribution in [1.82, 2.24) is 5.32 Å². The SMILES string of the molecule is C/N=C/C(C)(C)NC(C)(C)C. The first kappa shape index (κ1) is 10.6. The maximum atomic E-state index is 4.00. The third-order valence-corrected chi connectivity index (χ3v) is 1.15. The summed E-state index contributed by atoms with van der Waals surface area (Å²) in [5.74, 6) is 0. The molecule has 0 aliphatic carbocycles. The highest BCUT2D eigenvalue weighted by molar-refractivity contribution is 5.68. The molecule has 0 saturated carbocycles. The molecule has 11 heavy (non-hydrogen) atoms. The highest BCUT2D eigenvalue weighted by atomic mass is 15.0. The summed E-state index contributed by atoms with van der Waals surface area (Å²) >= 11 is 0. The molecular formula is C9H20N2. The molecule has 0 rings (SSSR count). The average molecular weight is 156 g/mol. The second kappa shape index (κ2) is 3.35. The van der Waals surface area contributed by atoms with Crippen LogP contribution in [0.2, 0.25) is 0 Å². The summed E-state index contributed by atoms with van der Waals surface area (Å²) in [5.41, 5.74) is 0.137. The fourth-order valence-electron chi connectivity index (χ4n) is 1.32. The highest BCUT2D eigenvalue weighted by Gasteiger charge is 2.21. The molecule has 0 aliphatic rings. The Morgan fingerprint density at radius 3 is 1.82 bits per heavy atom. The molecule has 0 heterocycles. The van der Waals surface area contributed by atoms with Gasteiger partial charge in [0.05, 0.1) is 0 Å². The Morgan fingerprint density at radius 1 is 1.09 bits per heavy atom. The summed E-state index contributed by atoms with van der Waals surface area (Å²) in [4.78, 5) is 4.00. The van der Waals surface area contributed by atoms with Crippen molar-refractivity contribution in [3.63, 3.8) is 0 Å². The van der Waals surface area contributed by atoms with E-state index in [1.807, 2.05) is 6.21 Å².